The van der Waals surface area contributed by atoms with Gasteiger partial charge in [0.05, 0.1) is 11.3 Å². The van der Waals surface area contributed by atoms with Crippen molar-refractivity contribution in [1.82, 2.24) is 9.80 Å². The van der Waals surface area contributed by atoms with Gasteiger partial charge in [0, 0.05) is 43.3 Å². The lowest BCUT2D eigenvalue weighted by atomic mass is 10.1. The Morgan fingerprint density at radius 1 is 1.07 bits per heavy atom. The molecule has 0 spiro atoms. The van der Waals surface area contributed by atoms with Crippen LogP contribution in [0, 0.1) is 0 Å². The first-order chi connectivity index (χ1) is 13.5. The quantitative estimate of drug-likeness (QED) is 0.700. The lowest BCUT2D eigenvalue weighted by molar-refractivity contribution is -0.115. The van der Waals surface area contributed by atoms with E-state index in [2.05, 4.69) is 28.2 Å². The third-order valence-electron chi connectivity index (χ3n) is 4.69. The highest BCUT2D eigenvalue weighted by Gasteiger charge is 2.15. The molecule has 0 aliphatic carbocycles. The van der Waals surface area contributed by atoms with Crippen LogP contribution in [0.25, 0.3) is 0 Å². The van der Waals surface area contributed by atoms with Gasteiger partial charge in [0.25, 0.3) is 5.91 Å². The largest absolute Gasteiger partial charge is 0.369 e. The highest BCUT2D eigenvalue weighted by Crippen LogP contribution is 2.23. The lowest BCUT2D eigenvalue weighted by Gasteiger charge is -2.32. The molecular formula is C21H26N4O2S. The van der Waals surface area contributed by atoms with Gasteiger partial charge in [0.1, 0.15) is 0 Å². The van der Waals surface area contributed by atoms with E-state index in [4.69, 9.17) is 5.73 Å². The van der Waals surface area contributed by atoms with Crippen molar-refractivity contribution in [3.05, 3.63) is 59.7 Å². The smallest absolute Gasteiger partial charge is 0.256 e. The van der Waals surface area contributed by atoms with Gasteiger partial charge in [-0.05, 0) is 36.9 Å². The predicted molar refractivity (Wildman–Crippen MR) is 114 cm³/mol. The zero-order valence-electron chi connectivity index (χ0n) is 16.1. The second-order valence-corrected chi connectivity index (χ2v) is 8.00. The van der Waals surface area contributed by atoms with Crippen molar-refractivity contribution in [2.75, 3.05) is 44.3 Å². The average molecular weight is 399 g/mol. The highest BCUT2D eigenvalue weighted by atomic mass is 32.2. The second-order valence-electron chi connectivity index (χ2n) is 6.99. The maximum absolute atomic E-state index is 12.8. The third-order valence-corrected chi connectivity index (χ3v) is 5.78. The molecule has 0 saturated carbocycles. The van der Waals surface area contributed by atoms with Crippen LogP contribution in [0.4, 0.5) is 5.69 Å². The van der Waals surface area contributed by atoms with Gasteiger partial charge in [0.15, 0.2) is 0 Å². The molecule has 148 valence electrons. The molecule has 1 saturated heterocycles. The number of nitrogens with one attached hydrogen (secondary N) is 1. The maximum Gasteiger partial charge on any atom is 0.256 e. The molecule has 3 N–H and O–H groups in total. The van der Waals surface area contributed by atoms with E-state index in [-0.39, 0.29) is 11.7 Å². The Labute approximate surface area is 170 Å². The number of thioether (sulfide) groups is 1. The molecule has 2 aromatic rings. The minimum atomic E-state index is -0.406. The van der Waals surface area contributed by atoms with E-state index in [9.17, 15) is 9.59 Å². The van der Waals surface area contributed by atoms with Crippen LogP contribution in [0.2, 0.25) is 0 Å². The molecule has 1 heterocycles. The number of nitrogens with two attached hydrogens (primary N) is 1. The summed E-state index contributed by atoms with van der Waals surface area (Å²) in [5.74, 6) is -0.453. The van der Waals surface area contributed by atoms with E-state index in [0.29, 0.717) is 5.56 Å². The molecular weight excluding hydrogens is 372 g/mol. The minimum absolute atomic E-state index is 0.144. The molecule has 0 bridgehead atoms. The number of hydrogen-bond donors (Lipinski definition) is 2. The molecule has 7 heteroatoms. The Morgan fingerprint density at radius 3 is 2.57 bits per heavy atom. The number of carbonyl (C=O) groups is 2. The molecule has 1 fully saturated rings. The van der Waals surface area contributed by atoms with Gasteiger partial charge >= 0.3 is 0 Å². The first kappa shape index (κ1) is 20.4. The standard InChI is InChI=1S/C21H26N4O2S/c1-24-9-11-25(12-10-24)14-16-5-4-6-17(13-16)23-21(27)18-7-2-3-8-19(18)28-15-20(22)26/h2-8,13H,9-12,14-15H2,1H3,(H2,22,26)(H,23,27). The first-order valence-corrected chi connectivity index (χ1v) is 10.3. The summed E-state index contributed by atoms with van der Waals surface area (Å²) in [7, 11) is 2.15. The Bertz CT molecular complexity index is 835. The van der Waals surface area contributed by atoms with Gasteiger partial charge in [-0.3, -0.25) is 14.5 Å². The topological polar surface area (TPSA) is 78.7 Å². The highest BCUT2D eigenvalue weighted by molar-refractivity contribution is 8.00. The van der Waals surface area contributed by atoms with Crippen molar-refractivity contribution >= 4 is 29.3 Å². The van der Waals surface area contributed by atoms with Gasteiger partial charge in [-0.1, -0.05) is 24.3 Å². The van der Waals surface area contributed by atoms with Crippen LogP contribution in [-0.4, -0.2) is 60.6 Å². The molecule has 3 rings (SSSR count). The molecule has 0 unspecified atom stereocenters. The normalized spacial score (nSPS) is 15.3. The molecule has 6 nitrogen and oxygen atoms in total. The predicted octanol–water partition coefficient (Wildman–Crippen LogP) is 2.26. The number of piperazine rings is 1. The Balaban J connectivity index is 1.65. The van der Waals surface area contributed by atoms with Crippen molar-refractivity contribution in [2.24, 2.45) is 5.73 Å². The molecule has 2 amide bonds. The van der Waals surface area contributed by atoms with Crippen molar-refractivity contribution < 1.29 is 9.59 Å². The lowest BCUT2D eigenvalue weighted by Crippen LogP contribution is -2.43. The Morgan fingerprint density at radius 2 is 1.82 bits per heavy atom. The van der Waals surface area contributed by atoms with E-state index in [1.807, 2.05) is 36.4 Å². The van der Waals surface area contributed by atoms with E-state index >= 15 is 0 Å². The number of amides is 2. The number of rotatable bonds is 7. The summed E-state index contributed by atoms with van der Waals surface area (Å²) >= 11 is 1.27. The Hall–Kier alpha value is -2.35. The SMILES string of the molecule is CN1CCN(Cc2cccc(NC(=O)c3ccccc3SCC(N)=O)c2)CC1. The summed E-state index contributed by atoms with van der Waals surface area (Å²) < 4.78 is 0. The zero-order chi connectivity index (χ0) is 19.9. The first-order valence-electron chi connectivity index (χ1n) is 9.32. The van der Waals surface area contributed by atoms with Crippen LogP contribution >= 0.6 is 11.8 Å². The summed E-state index contributed by atoms with van der Waals surface area (Å²) in [6.45, 7) is 5.14. The fraction of sp³-hybridized carbons (Fsp3) is 0.333. The number of nitrogens with zero attached hydrogens (tertiary/aromatic N) is 2. The van der Waals surface area contributed by atoms with Crippen LogP contribution in [0.5, 0.6) is 0 Å². The zero-order valence-corrected chi connectivity index (χ0v) is 16.9. The van der Waals surface area contributed by atoms with E-state index in [0.717, 1.165) is 43.3 Å². The summed E-state index contributed by atoms with van der Waals surface area (Å²) in [5, 5.41) is 2.98. The fourth-order valence-electron chi connectivity index (χ4n) is 3.14. The molecule has 2 aromatic carbocycles. The fourth-order valence-corrected chi connectivity index (χ4v) is 3.93. The number of carbonyl (C=O) groups excluding carboxylic acids is 2. The summed E-state index contributed by atoms with van der Waals surface area (Å²) in [6.07, 6.45) is 0. The van der Waals surface area contributed by atoms with E-state index in [1.54, 1.807) is 6.07 Å². The van der Waals surface area contributed by atoms with Crippen LogP contribution in [0.1, 0.15) is 15.9 Å². The number of likely N-dealkylation sites (N-methyl/N-ethyl adjacent to an activating group) is 1. The second kappa shape index (κ2) is 9.73. The van der Waals surface area contributed by atoms with Crippen molar-refractivity contribution in [3.63, 3.8) is 0 Å². The molecule has 1 aliphatic heterocycles. The van der Waals surface area contributed by atoms with Gasteiger partial charge in [-0.15, -0.1) is 11.8 Å². The molecule has 0 aromatic heterocycles. The summed E-state index contributed by atoms with van der Waals surface area (Å²) in [6, 6.07) is 15.2. The molecule has 1 aliphatic rings. The molecule has 0 radical (unpaired) electrons. The van der Waals surface area contributed by atoms with E-state index < -0.39 is 5.91 Å². The number of benzene rings is 2. The van der Waals surface area contributed by atoms with Gasteiger partial charge < -0.3 is 16.0 Å². The van der Waals surface area contributed by atoms with Crippen LogP contribution in [0.15, 0.2) is 53.4 Å². The van der Waals surface area contributed by atoms with Crippen molar-refractivity contribution in [2.45, 2.75) is 11.4 Å². The van der Waals surface area contributed by atoms with Gasteiger partial charge in [0.2, 0.25) is 5.91 Å². The van der Waals surface area contributed by atoms with Crippen molar-refractivity contribution in [3.8, 4) is 0 Å². The number of anilines is 1. The number of primary amides is 1. The average Bonchev–Trinajstić information content (AvgIpc) is 2.68. The van der Waals surface area contributed by atoms with Gasteiger partial charge in [-0.25, -0.2) is 0 Å². The summed E-state index contributed by atoms with van der Waals surface area (Å²) in [4.78, 5) is 29.3. The number of hydrogen-bond acceptors (Lipinski definition) is 5. The van der Waals surface area contributed by atoms with Crippen molar-refractivity contribution in [1.29, 1.82) is 0 Å². The minimum Gasteiger partial charge on any atom is -0.369 e. The maximum atomic E-state index is 12.8. The molecule has 28 heavy (non-hydrogen) atoms. The Kier molecular flexibility index (Phi) is 7.08. The monoisotopic (exact) mass is 398 g/mol. The van der Waals surface area contributed by atoms with Crippen LogP contribution < -0.4 is 11.1 Å². The van der Waals surface area contributed by atoms with Crippen LogP contribution in [-0.2, 0) is 11.3 Å². The van der Waals surface area contributed by atoms with Crippen LogP contribution in [0.3, 0.4) is 0 Å². The molecule has 0 atom stereocenters. The summed E-state index contributed by atoms with van der Waals surface area (Å²) in [5.41, 5.74) is 7.71. The van der Waals surface area contributed by atoms with E-state index in [1.165, 1.54) is 17.3 Å². The third kappa shape index (κ3) is 5.82. The van der Waals surface area contributed by atoms with Gasteiger partial charge in [-0.2, -0.15) is 0 Å².